The van der Waals surface area contributed by atoms with E-state index in [9.17, 15) is 8.42 Å². The van der Waals surface area contributed by atoms with Crippen LogP contribution in [0.1, 0.15) is 17.0 Å². The van der Waals surface area contributed by atoms with Crippen LogP contribution < -0.4 is 10.0 Å². The summed E-state index contributed by atoms with van der Waals surface area (Å²) in [5, 5.41) is 6.63. The predicted molar refractivity (Wildman–Crippen MR) is 78.0 cm³/mol. The number of hydrogen-bond acceptors (Lipinski definition) is 4. The zero-order valence-electron chi connectivity index (χ0n) is 11.7. The van der Waals surface area contributed by atoms with Gasteiger partial charge in [-0.3, -0.25) is 9.40 Å². The minimum Gasteiger partial charge on any atom is -0.326 e. The van der Waals surface area contributed by atoms with E-state index in [-0.39, 0.29) is 4.90 Å². The number of nitrogens with one attached hydrogen (secondary N) is 1. The second-order valence-electron chi connectivity index (χ2n) is 4.61. The summed E-state index contributed by atoms with van der Waals surface area (Å²) in [5.74, 6) is 0. The lowest BCUT2D eigenvalue weighted by Gasteiger charge is -2.19. The molecule has 0 atom stereocenters. The van der Waals surface area contributed by atoms with Crippen LogP contribution in [-0.2, 0) is 16.6 Å². The zero-order valence-corrected chi connectivity index (χ0v) is 12.5. The van der Waals surface area contributed by atoms with Crippen molar-refractivity contribution in [3.05, 3.63) is 41.2 Å². The standard InChI is InChI=1S/C13H18N4O2S/c1-9-13(10(2)16-15-9)20(18,19)17(3)12-6-4-11(8-14)5-7-12/h4-7H,8,14H2,1-3H3,(H,15,16). The first-order valence-electron chi connectivity index (χ1n) is 6.17. The van der Waals surface area contributed by atoms with E-state index in [0.717, 1.165) is 5.56 Å². The number of hydrogen-bond donors (Lipinski definition) is 2. The molecular weight excluding hydrogens is 276 g/mol. The Bertz CT molecular complexity index is 685. The number of benzene rings is 1. The van der Waals surface area contributed by atoms with Gasteiger partial charge in [-0.2, -0.15) is 5.10 Å². The number of aromatic nitrogens is 2. The SMILES string of the molecule is Cc1n[nH]c(C)c1S(=O)(=O)N(C)c1ccc(CN)cc1. The number of aryl methyl sites for hydroxylation is 2. The van der Waals surface area contributed by atoms with Crippen LogP contribution in [0.15, 0.2) is 29.2 Å². The quantitative estimate of drug-likeness (QED) is 0.889. The third-order valence-electron chi connectivity index (χ3n) is 3.21. The third kappa shape index (κ3) is 2.41. The maximum Gasteiger partial charge on any atom is 0.267 e. The Kier molecular flexibility index (Phi) is 3.82. The first-order chi connectivity index (χ1) is 9.37. The lowest BCUT2D eigenvalue weighted by molar-refractivity contribution is 0.593. The van der Waals surface area contributed by atoms with Gasteiger partial charge in [0.05, 0.1) is 17.1 Å². The summed E-state index contributed by atoms with van der Waals surface area (Å²) in [6.45, 7) is 3.79. The van der Waals surface area contributed by atoms with Crippen LogP contribution in [0.25, 0.3) is 0 Å². The fourth-order valence-electron chi connectivity index (χ4n) is 2.04. The van der Waals surface area contributed by atoms with Crippen molar-refractivity contribution in [2.75, 3.05) is 11.4 Å². The molecule has 0 bridgehead atoms. The first-order valence-corrected chi connectivity index (χ1v) is 7.61. The minimum atomic E-state index is -3.62. The van der Waals surface area contributed by atoms with Crippen molar-refractivity contribution in [3.8, 4) is 0 Å². The molecule has 20 heavy (non-hydrogen) atoms. The molecule has 1 aromatic carbocycles. The molecule has 6 nitrogen and oxygen atoms in total. The number of H-pyrrole nitrogens is 1. The Morgan fingerprint density at radius 1 is 1.25 bits per heavy atom. The molecule has 3 N–H and O–H groups in total. The highest BCUT2D eigenvalue weighted by molar-refractivity contribution is 7.92. The van der Waals surface area contributed by atoms with Crippen molar-refractivity contribution in [2.45, 2.75) is 25.3 Å². The summed E-state index contributed by atoms with van der Waals surface area (Å²) >= 11 is 0. The van der Waals surface area contributed by atoms with Gasteiger partial charge in [-0.15, -0.1) is 0 Å². The van der Waals surface area contributed by atoms with E-state index < -0.39 is 10.0 Å². The van der Waals surface area contributed by atoms with Crippen LogP contribution in [0.2, 0.25) is 0 Å². The highest BCUT2D eigenvalue weighted by Crippen LogP contribution is 2.25. The average Bonchev–Trinajstić information content (AvgIpc) is 2.78. The van der Waals surface area contributed by atoms with E-state index in [1.807, 2.05) is 12.1 Å². The smallest absolute Gasteiger partial charge is 0.267 e. The van der Waals surface area contributed by atoms with Gasteiger partial charge in [0.15, 0.2) is 0 Å². The van der Waals surface area contributed by atoms with Crippen molar-refractivity contribution in [2.24, 2.45) is 5.73 Å². The molecule has 0 radical (unpaired) electrons. The molecule has 0 fully saturated rings. The fraction of sp³-hybridized carbons (Fsp3) is 0.308. The van der Waals surface area contributed by atoms with E-state index in [0.29, 0.717) is 23.6 Å². The second-order valence-corrected chi connectivity index (χ2v) is 6.51. The van der Waals surface area contributed by atoms with Gasteiger partial charge in [0.25, 0.3) is 10.0 Å². The molecule has 0 aliphatic heterocycles. The number of aromatic amines is 1. The molecule has 0 aliphatic rings. The highest BCUT2D eigenvalue weighted by atomic mass is 32.2. The number of nitrogens with zero attached hydrogens (tertiary/aromatic N) is 2. The second kappa shape index (κ2) is 5.26. The summed E-state index contributed by atoms with van der Waals surface area (Å²) in [5.41, 5.74) is 8.07. The molecule has 0 amide bonds. The van der Waals surface area contributed by atoms with Crippen molar-refractivity contribution >= 4 is 15.7 Å². The molecule has 0 saturated heterocycles. The number of anilines is 1. The van der Waals surface area contributed by atoms with Gasteiger partial charge in [-0.1, -0.05) is 12.1 Å². The van der Waals surface area contributed by atoms with Crippen LogP contribution >= 0.6 is 0 Å². The molecule has 108 valence electrons. The van der Waals surface area contributed by atoms with Gasteiger partial charge in [0, 0.05) is 13.6 Å². The van der Waals surface area contributed by atoms with E-state index in [2.05, 4.69) is 10.2 Å². The molecule has 0 spiro atoms. The first kappa shape index (κ1) is 14.5. The minimum absolute atomic E-state index is 0.225. The van der Waals surface area contributed by atoms with Crippen molar-refractivity contribution < 1.29 is 8.42 Å². The van der Waals surface area contributed by atoms with Crippen molar-refractivity contribution in [1.29, 1.82) is 0 Å². The van der Waals surface area contributed by atoms with Gasteiger partial charge in [0.1, 0.15) is 4.90 Å². The summed E-state index contributed by atoms with van der Waals surface area (Å²) in [6, 6.07) is 7.11. The Hall–Kier alpha value is -1.86. The van der Waals surface area contributed by atoms with Gasteiger partial charge < -0.3 is 5.73 Å². The van der Waals surface area contributed by atoms with Crippen LogP contribution in [0.3, 0.4) is 0 Å². The Labute approximate surface area is 118 Å². The number of nitrogens with two attached hydrogens (primary N) is 1. The topological polar surface area (TPSA) is 92.1 Å². The highest BCUT2D eigenvalue weighted by Gasteiger charge is 2.27. The van der Waals surface area contributed by atoms with E-state index in [4.69, 9.17) is 5.73 Å². The van der Waals surface area contributed by atoms with Crippen LogP contribution in [0.5, 0.6) is 0 Å². The lowest BCUT2D eigenvalue weighted by atomic mass is 10.2. The molecule has 1 heterocycles. The molecule has 7 heteroatoms. The molecule has 2 rings (SSSR count). The third-order valence-corrected chi connectivity index (χ3v) is 5.26. The number of rotatable bonds is 4. The summed E-state index contributed by atoms with van der Waals surface area (Å²) in [4.78, 5) is 0.225. The van der Waals surface area contributed by atoms with Gasteiger partial charge in [0.2, 0.25) is 0 Å². The van der Waals surface area contributed by atoms with E-state index >= 15 is 0 Å². The molecule has 0 unspecified atom stereocenters. The van der Waals surface area contributed by atoms with E-state index in [1.54, 1.807) is 26.0 Å². The molecular formula is C13H18N4O2S. The largest absolute Gasteiger partial charge is 0.326 e. The van der Waals surface area contributed by atoms with Gasteiger partial charge in [-0.05, 0) is 31.5 Å². The zero-order chi connectivity index (χ0) is 14.9. The Morgan fingerprint density at radius 2 is 1.85 bits per heavy atom. The molecule has 2 aromatic rings. The van der Waals surface area contributed by atoms with Crippen molar-refractivity contribution in [1.82, 2.24) is 10.2 Å². The van der Waals surface area contributed by atoms with Gasteiger partial charge >= 0.3 is 0 Å². The molecule has 1 aromatic heterocycles. The average molecular weight is 294 g/mol. The molecule has 0 saturated carbocycles. The number of sulfonamides is 1. The summed E-state index contributed by atoms with van der Waals surface area (Å²) < 4.78 is 26.5. The summed E-state index contributed by atoms with van der Waals surface area (Å²) in [6.07, 6.45) is 0. The maximum atomic E-state index is 12.6. The Morgan fingerprint density at radius 3 is 2.30 bits per heavy atom. The normalized spacial score (nSPS) is 11.6. The Balaban J connectivity index is 2.43. The van der Waals surface area contributed by atoms with Crippen molar-refractivity contribution in [3.63, 3.8) is 0 Å². The molecule has 0 aliphatic carbocycles. The lowest BCUT2D eigenvalue weighted by Crippen LogP contribution is -2.27. The van der Waals surface area contributed by atoms with Crippen LogP contribution in [0.4, 0.5) is 5.69 Å². The van der Waals surface area contributed by atoms with Gasteiger partial charge in [-0.25, -0.2) is 8.42 Å². The fourth-order valence-corrected chi connectivity index (χ4v) is 3.56. The van der Waals surface area contributed by atoms with Crippen LogP contribution in [0, 0.1) is 13.8 Å². The summed E-state index contributed by atoms with van der Waals surface area (Å²) in [7, 11) is -2.09. The van der Waals surface area contributed by atoms with E-state index in [1.165, 1.54) is 11.4 Å². The maximum absolute atomic E-state index is 12.6. The van der Waals surface area contributed by atoms with Crippen LogP contribution in [-0.4, -0.2) is 25.7 Å². The monoisotopic (exact) mass is 294 g/mol. The predicted octanol–water partition coefficient (Wildman–Crippen LogP) is 1.31.